The van der Waals surface area contributed by atoms with Crippen molar-refractivity contribution in [1.82, 2.24) is 14.6 Å². The van der Waals surface area contributed by atoms with Gasteiger partial charge in [-0.1, -0.05) is 35.9 Å². The molecule has 1 aliphatic carbocycles. The third kappa shape index (κ3) is 3.77. The van der Waals surface area contributed by atoms with Gasteiger partial charge in [0.15, 0.2) is 5.65 Å². The first-order valence-corrected chi connectivity index (χ1v) is 10.7. The van der Waals surface area contributed by atoms with Crippen LogP contribution < -0.4 is 5.32 Å². The zero-order chi connectivity index (χ0) is 20.5. The van der Waals surface area contributed by atoms with Gasteiger partial charge in [-0.2, -0.15) is 9.61 Å². The molecule has 5 rings (SSSR count). The van der Waals surface area contributed by atoms with Crippen LogP contribution in [-0.2, 0) is 19.3 Å². The minimum atomic E-state index is -0.207. The van der Waals surface area contributed by atoms with E-state index in [1.807, 2.05) is 47.0 Å². The Morgan fingerprint density at radius 1 is 1.03 bits per heavy atom. The van der Waals surface area contributed by atoms with Crippen LogP contribution in [0.3, 0.4) is 0 Å². The molecule has 0 saturated heterocycles. The van der Waals surface area contributed by atoms with Gasteiger partial charge in [-0.15, -0.1) is 0 Å². The highest BCUT2D eigenvalue weighted by Gasteiger charge is 2.20. The van der Waals surface area contributed by atoms with Crippen LogP contribution in [0, 0.1) is 5.82 Å². The van der Waals surface area contributed by atoms with Gasteiger partial charge in [0.1, 0.15) is 11.6 Å². The summed E-state index contributed by atoms with van der Waals surface area (Å²) < 4.78 is 15.1. The Bertz CT molecular complexity index is 1200. The molecule has 2 aromatic carbocycles. The van der Waals surface area contributed by atoms with E-state index < -0.39 is 0 Å². The predicted molar refractivity (Wildman–Crippen MR) is 119 cm³/mol. The molecule has 30 heavy (non-hydrogen) atoms. The standard InChI is InChI=1S/C24H22ClFN4/c25-18-5-3-4-17(14-18)22-15-23-28-21-7-2-1-6-20(21)24(30(23)29-22)27-13-12-16-8-10-19(26)11-9-16/h3-5,8-11,14-15,27H,1-2,6-7,12-13H2. The number of fused-ring (bicyclic) bond motifs is 2. The number of nitrogens with one attached hydrogen (secondary N) is 1. The summed E-state index contributed by atoms with van der Waals surface area (Å²) in [6.45, 7) is 0.740. The number of anilines is 1. The Labute approximate surface area is 179 Å². The normalized spacial score (nSPS) is 13.4. The minimum absolute atomic E-state index is 0.207. The number of aromatic nitrogens is 3. The summed E-state index contributed by atoms with van der Waals surface area (Å²) in [6.07, 6.45) is 5.14. The second kappa shape index (κ2) is 8.07. The second-order valence-electron chi connectivity index (χ2n) is 7.71. The van der Waals surface area contributed by atoms with Crippen LogP contribution in [0.15, 0.2) is 54.6 Å². The van der Waals surface area contributed by atoms with Gasteiger partial charge in [-0.05, 0) is 61.9 Å². The summed E-state index contributed by atoms with van der Waals surface area (Å²) in [4.78, 5) is 4.91. The first kappa shape index (κ1) is 19.1. The molecule has 0 radical (unpaired) electrons. The van der Waals surface area contributed by atoms with Crippen molar-refractivity contribution < 1.29 is 4.39 Å². The van der Waals surface area contributed by atoms with Crippen molar-refractivity contribution in [1.29, 1.82) is 0 Å². The fourth-order valence-electron chi connectivity index (χ4n) is 4.10. The van der Waals surface area contributed by atoms with Crippen LogP contribution in [0.4, 0.5) is 10.2 Å². The van der Waals surface area contributed by atoms with E-state index in [1.54, 1.807) is 0 Å². The lowest BCUT2D eigenvalue weighted by atomic mass is 9.96. The van der Waals surface area contributed by atoms with Crippen molar-refractivity contribution >= 4 is 23.1 Å². The predicted octanol–water partition coefficient (Wildman–Crippen LogP) is 5.72. The molecular formula is C24H22ClFN4. The van der Waals surface area contributed by atoms with Crippen LogP contribution in [0.1, 0.15) is 29.7 Å². The van der Waals surface area contributed by atoms with Gasteiger partial charge in [-0.3, -0.25) is 0 Å². The van der Waals surface area contributed by atoms with Crippen LogP contribution in [0.5, 0.6) is 0 Å². The topological polar surface area (TPSA) is 42.2 Å². The maximum absolute atomic E-state index is 13.2. The molecule has 152 valence electrons. The van der Waals surface area contributed by atoms with E-state index >= 15 is 0 Å². The maximum Gasteiger partial charge on any atom is 0.158 e. The van der Waals surface area contributed by atoms with Crippen LogP contribution in [-0.4, -0.2) is 21.1 Å². The van der Waals surface area contributed by atoms with Gasteiger partial charge >= 0.3 is 0 Å². The van der Waals surface area contributed by atoms with Crippen molar-refractivity contribution in [2.45, 2.75) is 32.1 Å². The first-order chi connectivity index (χ1) is 14.7. The fourth-order valence-corrected chi connectivity index (χ4v) is 4.29. The number of hydrogen-bond acceptors (Lipinski definition) is 3. The molecular weight excluding hydrogens is 399 g/mol. The van der Waals surface area contributed by atoms with E-state index in [0.717, 1.165) is 66.2 Å². The van der Waals surface area contributed by atoms with E-state index in [2.05, 4.69) is 5.32 Å². The number of aryl methyl sites for hydroxylation is 1. The van der Waals surface area contributed by atoms with Crippen LogP contribution >= 0.6 is 11.6 Å². The summed E-state index contributed by atoms with van der Waals surface area (Å²) in [5.74, 6) is 0.812. The summed E-state index contributed by atoms with van der Waals surface area (Å²) in [5.41, 5.74) is 6.19. The Morgan fingerprint density at radius 3 is 2.70 bits per heavy atom. The zero-order valence-electron chi connectivity index (χ0n) is 16.5. The van der Waals surface area contributed by atoms with Gasteiger partial charge in [-0.25, -0.2) is 9.37 Å². The second-order valence-corrected chi connectivity index (χ2v) is 8.14. The molecule has 4 aromatic rings. The summed E-state index contributed by atoms with van der Waals surface area (Å²) in [7, 11) is 0. The van der Waals surface area contributed by atoms with E-state index in [9.17, 15) is 4.39 Å². The molecule has 0 spiro atoms. The van der Waals surface area contributed by atoms with Gasteiger partial charge in [0.2, 0.25) is 0 Å². The number of halogens is 2. The van der Waals surface area contributed by atoms with Crippen molar-refractivity contribution in [2.75, 3.05) is 11.9 Å². The van der Waals surface area contributed by atoms with Gasteiger partial charge in [0.25, 0.3) is 0 Å². The Morgan fingerprint density at radius 2 is 1.87 bits per heavy atom. The highest BCUT2D eigenvalue weighted by Crippen LogP contribution is 2.30. The Hall–Kier alpha value is -2.92. The lowest BCUT2D eigenvalue weighted by molar-refractivity contribution is 0.627. The summed E-state index contributed by atoms with van der Waals surface area (Å²) in [5, 5.41) is 9.14. The molecule has 0 bridgehead atoms. The van der Waals surface area contributed by atoms with Crippen LogP contribution in [0.2, 0.25) is 5.02 Å². The quantitative estimate of drug-likeness (QED) is 0.448. The van der Waals surface area contributed by atoms with Crippen molar-refractivity contribution in [3.05, 3.63) is 82.3 Å². The average molecular weight is 421 g/mol. The molecule has 2 aromatic heterocycles. The molecule has 0 amide bonds. The third-order valence-electron chi connectivity index (χ3n) is 5.62. The van der Waals surface area contributed by atoms with Gasteiger partial charge < -0.3 is 5.32 Å². The third-order valence-corrected chi connectivity index (χ3v) is 5.85. The largest absolute Gasteiger partial charge is 0.369 e. The minimum Gasteiger partial charge on any atom is -0.369 e. The van der Waals surface area contributed by atoms with Crippen LogP contribution in [0.25, 0.3) is 16.9 Å². The number of nitrogens with zero attached hydrogens (tertiary/aromatic N) is 3. The van der Waals surface area contributed by atoms with Crippen molar-refractivity contribution in [3.63, 3.8) is 0 Å². The molecule has 0 saturated carbocycles. The highest BCUT2D eigenvalue weighted by molar-refractivity contribution is 6.30. The number of benzene rings is 2. The van der Waals surface area contributed by atoms with Gasteiger partial charge in [0, 0.05) is 34.5 Å². The maximum atomic E-state index is 13.2. The molecule has 0 atom stereocenters. The van der Waals surface area contributed by atoms with Gasteiger partial charge in [0.05, 0.1) is 5.69 Å². The smallest absolute Gasteiger partial charge is 0.158 e. The van der Waals surface area contributed by atoms with E-state index in [0.29, 0.717) is 5.02 Å². The highest BCUT2D eigenvalue weighted by atomic mass is 35.5. The Kier molecular flexibility index (Phi) is 5.13. The molecule has 2 heterocycles. The fraction of sp³-hybridized carbons (Fsp3) is 0.250. The van der Waals surface area contributed by atoms with E-state index in [4.69, 9.17) is 21.7 Å². The van der Waals surface area contributed by atoms with E-state index in [-0.39, 0.29) is 5.82 Å². The number of hydrogen-bond donors (Lipinski definition) is 1. The monoisotopic (exact) mass is 420 g/mol. The average Bonchev–Trinajstić information content (AvgIpc) is 3.18. The van der Waals surface area contributed by atoms with E-state index in [1.165, 1.54) is 24.1 Å². The molecule has 0 fully saturated rings. The lowest BCUT2D eigenvalue weighted by Crippen LogP contribution is -2.17. The molecule has 4 nitrogen and oxygen atoms in total. The first-order valence-electron chi connectivity index (χ1n) is 10.3. The molecule has 1 aliphatic rings. The SMILES string of the molecule is Fc1ccc(CCNc2c3c(nc4cc(-c5cccc(Cl)c5)nn24)CCCC3)cc1. The Balaban J connectivity index is 1.50. The van der Waals surface area contributed by atoms with Crippen molar-refractivity contribution in [3.8, 4) is 11.3 Å². The summed E-state index contributed by atoms with van der Waals surface area (Å²) in [6, 6.07) is 16.4. The molecule has 6 heteroatoms. The van der Waals surface area contributed by atoms with Crippen molar-refractivity contribution in [2.24, 2.45) is 0 Å². The number of rotatable bonds is 5. The molecule has 0 aliphatic heterocycles. The molecule has 0 unspecified atom stereocenters. The molecule has 1 N–H and O–H groups in total. The lowest BCUT2D eigenvalue weighted by Gasteiger charge is -2.20. The summed E-state index contributed by atoms with van der Waals surface area (Å²) >= 11 is 6.18. The zero-order valence-corrected chi connectivity index (χ0v) is 17.3.